The standard InChI is InChI=1S/C23H27FN2/c1-2-26(17-19-7-4-3-5-8-19)16-6-15-23(18-25,20-9-10-20)21-11-13-22(24)14-12-21/h3-5,7-8,11-14,20H,2,6,9-10,15-17H2,1H3. The lowest BCUT2D eigenvalue weighted by atomic mass is 9.74. The van der Waals surface area contributed by atoms with Gasteiger partial charge in [-0.25, -0.2) is 4.39 Å². The van der Waals surface area contributed by atoms with Crippen LogP contribution in [0.15, 0.2) is 54.6 Å². The minimum atomic E-state index is -0.458. The molecule has 0 aromatic heterocycles. The van der Waals surface area contributed by atoms with Crippen molar-refractivity contribution >= 4 is 0 Å². The lowest BCUT2D eigenvalue weighted by Gasteiger charge is -2.29. The van der Waals surface area contributed by atoms with Crippen molar-refractivity contribution in [3.05, 3.63) is 71.5 Å². The number of halogens is 1. The number of hydrogen-bond donors (Lipinski definition) is 0. The van der Waals surface area contributed by atoms with Gasteiger partial charge in [0.15, 0.2) is 0 Å². The normalized spacial score (nSPS) is 16.2. The molecule has 1 aliphatic rings. The molecule has 1 saturated carbocycles. The van der Waals surface area contributed by atoms with E-state index < -0.39 is 5.41 Å². The molecule has 0 saturated heterocycles. The molecule has 2 aromatic carbocycles. The summed E-state index contributed by atoms with van der Waals surface area (Å²) in [6.07, 6.45) is 4.02. The van der Waals surface area contributed by atoms with Crippen LogP contribution in [0, 0.1) is 23.1 Å². The van der Waals surface area contributed by atoms with Gasteiger partial charge < -0.3 is 0 Å². The third kappa shape index (κ3) is 4.31. The fraction of sp³-hybridized carbons (Fsp3) is 0.435. The Labute approximate surface area is 156 Å². The number of benzene rings is 2. The Morgan fingerprint density at radius 2 is 1.81 bits per heavy atom. The van der Waals surface area contributed by atoms with Crippen molar-refractivity contribution in [2.24, 2.45) is 5.92 Å². The Kier molecular flexibility index (Phi) is 6.06. The molecule has 1 atom stereocenters. The largest absolute Gasteiger partial charge is 0.299 e. The summed E-state index contributed by atoms with van der Waals surface area (Å²) in [5, 5.41) is 10.0. The van der Waals surface area contributed by atoms with Crippen LogP contribution < -0.4 is 0 Å². The van der Waals surface area contributed by atoms with Gasteiger partial charge in [-0.15, -0.1) is 0 Å². The van der Waals surface area contributed by atoms with Crippen molar-refractivity contribution < 1.29 is 4.39 Å². The second-order valence-electron chi connectivity index (χ2n) is 7.32. The Hall–Kier alpha value is -2.18. The molecule has 1 fully saturated rings. The molecule has 0 heterocycles. The van der Waals surface area contributed by atoms with E-state index in [4.69, 9.17) is 0 Å². The lowest BCUT2D eigenvalue weighted by molar-refractivity contribution is 0.261. The van der Waals surface area contributed by atoms with Crippen LogP contribution >= 0.6 is 0 Å². The molecule has 0 aliphatic heterocycles. The molecule has 1 aliphatic carbocycles. The predicted octanol–water partition coefficient (Wildman–Crippen LogP) is 5.30. The third-order valence-electron chi connectivity index (χ3n) is 5.57. The molecule has 1 unspecified atom stereocenters. The maximum atomic E-state index is 13.3. The van der Waals surface area contributed by atoms with Gasteiger partial charge in [-0.3, -0.25) is 4.90 Å². The predicted molar refractivity (Wildman–Crippen MR) is 103 cm³/mol. The maximum Gasteiger partial charge on any atom is 0.123 e. The zero-order valence-corrected chi connectivity index (χ0v) is 15.5. The minimum absolute atomic E-state index is 0.239. The van der Waals surface area contributed by atoms with Crippen LogP contribution in [0.3, 0.4) is 0 Å². The molecule has 136 valence electrons. The van der Waals surface area contributed by atoms with Gasteiger partial charge >= 0.3 is 0 Å². The quantitative estimate of drug-likeness (QED) is 0.613. The van der Waals surface area contributed by atoms with E-state index in [0.29, 0.717) is 5.92 Å². The molecule has 0 radical (unpaired) electrons. The fourth-order valence-electron chi connectivity index (χ4n) is 3.89. The van der Waals surface area contributed by atoms with E-state index in [-0.39, 0.29) is 5.82 Å². The average Bonchev–Trinajstić information content (AvgIpc) is 3.52. The number of nitriles is 1. The van der Waals surface area contributed by atoms with Crippen LogP contribution in [0.1, 0.15) is 43.7 Å². The Morgan fingerprint density at radius 1 is 1.12 bits per heavy atom. The van der Waals surface area contributed by atoms with E-state index in [2.05, 4.69) is 42.2 Å². The van der Waals surface area contributed by atoms with E-state index in [1.54, 1.807) is 12.1 Å². The summed E-state index contributed by atoms with van der Waals surface area (Å²) in [6, 6.07) is 19.7. The van der Waals surface area contributed by atoms with Gasteiger partial charge in [0.2, 0.25) is 0 Å². The van der Waals surface area contributed by atoms with E-state index in [1.165, 1.54) is 17.7 Å². The van der Waals surface area contributed by atoms with E-state index in [1.807, 2.05) is 6.07 Å². The third-order valence-corrected chi connectivity index (χ3v) is 5.57. The zero-order chi connectivity index (χ0) is 18.4. The highest BCUT2D eigenvalue weighted by Crippen LogP contribution is 2.49. The first kappa shape index (κ1) is 18.6. The van der Waals surface area contributed by atoms with Crippen molar-refractivity contribution in [2.75, 3.05) is 13.1 Å². The Bertz CT molecular complexity index is 731. The summed E-state index contributed by atoms with van der Waals surface area (Å²) >= 11 is 0. The molecule has 0 bridgehead atoms. The highest BCUT2D eigenvalue weighted by atomic mass is 19.1. The molecule has 26 heavy (non-hydrogen) atoms. The Morgan fingerprint density at radius 3 is 2.38 bits per heavy atom. The first-order valence-electron chi connectivity index (χ1n) is 9.61. The fourth-order valence-corrected chi connectivity index (χ4v) is 3.89. The van der Waals surface area contributed by atoms with Gasteiger partial charge in [-0.2, -0.15) is 5.26 Å². The molecular formula is C23H27FN2. The van der Waals surface area contributed by atoms with Gasteiger partial charge in [-0.05, 0) is 68.0 Å². The molecule has 0 spiro atoms. The lowest BCUT2D eigenvalue weighted by Crippen LogP contribution is -2.30. The summed E-state index contributed by atoms with van der Waals surface area (Å²) in [7, 11) is 0. The van der Waals surface area contributed by atoms with Crippen molar-refractivity contribution in [2.45, 2.75) is 44.6 Å². The molecule has 2 aromatic rings. The molecule has 0 N–H and O–H groups in total. The molecule has 3 heteroatoms. The van der Waals surface area contributed by atoms with Crippen molar-refractivity contribution in [3.63, 3.8) is 0 Å². The average molecular weight is 350 g/mol. The van der Waals surface area contributed by atoms with Gasteiger partial charge in [0, 0.05) is 6.54 Å². The second kappa shape index (κ2) is 8.47. The van der Waals surface area contributed by atoms with Crippen LogP contribution in [-0.4, -0.2) is 18.0 Å². The maximum absolute atomic E-state index is 13.3. The van der Waals surface area contributed by atoms with Crippen LogP contribution in [0.4, 0.5) is 4.39 Å². The Balaban J connectivity index is 1.64. The summed E-state index contributed by atoms with van der Waals surface area (Å²) in [4.78, 5) is 2.43. The highest BCUT2D eigenvalue weighted by molar-refractivity contribution is 5.35. The summed E-state index contributed by atoms with van der Waals surface area (Å²) in [6.45, 7) is 5.09. The van der Waals surface area contributed by atoms with Crippen LogP contribution in [0.2, 0.25) is 0 Å². The number of rotatable bonds is 9. The second-order valence-corrected chi connectivity index (χ2v) is 7.32. The minimum Gasteiger partial charge on any atom is -0.299 e. The van der Waals surface area contributed by atoms with Gasteiger partial charge in [0.25, 0.3) is 0 Å². The first-order chi connectivity index (χ1) is 12.7. The monoisotopic (exact) mass is 350 g/mol. The van der Waals surface area contributed by atoms with Crippen molar-refractivity contribution in [1.82, 2.24) is 4.90 Å². The van der Waals surface area contributed by atoms with E-state index in [9.17, 15) is 9.65 Å². The van der Waals surface area contributed by atoms with E-state index >= 15 is 0 Å². The summed E-state index contributed by atoms with van der Waals surface area (Å²) < 4.78 is 13.3. The van der Waals surface area contributed by atoms with Crippen LogP contribution in [0.5, 0.6) is 0 Å². The number of hydrogen-bond acceptors (Lipinski definition) is 2. The van der Waals surface area contributed by atoms with Gasteiger partial charge in [0.1, 0.15) is 5.82 Å². The summed E-state index contributed by atoms with van der Waals surface area (Å²) in [5.41, 5.74) is 1.84. The smallest absolute Gasteiger partial charge is 0.123 e. The number of nitrogens with zero attached hydrogens (tertiary/aromatic N) is 2. The SMILES string of the molecule is CCN(CCCC(C#N)(c1ccc(F)cc1)C1CC1)Cc1ccccc1. The highest BCUT2D eigenvalue weighted by Gasteiger charge is 2.46. The van der Waals surface area contributed by atoms with Crippen LogP contribution in [0.25, 0.3) is 0 Å². The topological polar surface area (TPSA) is 27.0 Å². The summed E-state index contributed by atoms with van der Waals surface area (Å²) in [5.74, 6) is 0.179. The molecule has 0 amide bonds. The van der Waals surface area contributed by atoms with Gasteiger partial charge in [-0.1, -0.05) is 49.4 Å². The van der Waals surface area contributed by atoms with Crippen molar-refractivity contribution in [3.8, 4) is 6.07 Å². The molecular weight excluding hydrogens is 323 g/mol. The van der Waals surface area contributed by atoms with Gasteiger partial charge in [0.05, 0.1) is 11.5 Å². The molecule has 2 nitrogen and oxygen atoms in total. The first-order valence-corrected chi connectivity index (χ1v) is 9.61. The van der Waals surface area contributed by atoms with Crippen molar-refractivity contribution in [1.29, 1.82) is 5.26 Å². The molecule has 3 rings (SSSR count). The zero-order valence-electron chi connectivity index (χ0n) is 15.5. The van der Waals surface area contributed by atoms with E-state index in [0.717, 1.165) is 50.9 Å². The van der Waals surface area contributed by atoms with Crippen LogP contribution in [-0.2, 0) is 12.0 Å².